The largest absolute Gasteiger partial charge is 0.268 e. The maximum absolute atomic E-state index is 6.31. The van der Waals surface area contributed by atoms with E-state index in [1.165, 1.54) is 16.6 Å². The Hall–Kier alpha value is -1.02. The minimum absolute atomic E-state index is 0.172. The smallest absolute Gasteiger partial charge is 0.0706 e. The van der Waals surface area contributed by atoms with E-state index in [1.54, 1.807) is 0 Å². The van der Waals surface area contributed by atoms with E-state index < -0.39 is 0 Å². The summed E-state index contributed by atoms with van der Waals surface area (Å²) in [6.07, 6.45) is 0.948. The van der Waals surface area contributed by atoms with Crippen molar-refractivity contribution in [2.24, 2.45) is 18.9 Å². The number of fused-ring (bicyclic) bond motifs is 1. The minimum atomic E-state index is 0.172. The molecule has 2 atom stereocenters. The molecule has 0 saturated carbocycles. The van der Waals surface area contributed by atoms with Gasteiger partial charge in [0.15, 0.2) is 0 Å². The van der Waals surface area contributed by atoms with Crippen molar-refractivity contribution < 1.29 is 0 Å². The highest BCUT2D eigenvalue weighted by molar-refractivity contribution is 6.20. The van der Waals surface area contributed by atoms with Gasteiger partial charge in [-0.05, 0) is 31.2 Å². The average molecular weight is 265 g/mol. The predicted molar refractivity (Wildman–Crippen MR) is 78.1 cm³/mol. The van der Waals surface area contributed by atoms with E-state index in [1.807, 2.05) is 11.7 Å². The van der Waals surface area contributed by atoms with Gasteiger partial charge >= 0.3 is 0 Å². The summed E-state index contributed by atoms with van der Waals surface area (Å²) in [5.41, 5.74) is 2.36. The van der Waals surface area contributed by atoms with Gasteiger partial charge in [-0.15, -0.1) is 11.6 Å². The van der Waals surface area contributed by atoms with Crippen LogP contribution in [0.25, 0.3) is 10.9 Å². The van der Waals surface area contributed by atoms with Gasteiger partial charge in [0.25, 0.3) is 0 Å². The number of nitrogens with zero attached hydrogens (tertiary/aromatic N) is 2. The Morgan fingerprint density at radius 3 is 2.50 bits per heavy atom. The highest BCUT2D eigenvalue weighted by Gasteiger charge is 2.22. The van der Waals surface area contributed by atoms with E-state index in [4.69, 9.17) is 11.6 Å². The van der Waals surface area contributed by atoms with Gasteiger partial charge in [-0.2, -0.15) is 5.10 Å². The van der Waals surface area contributed by atoms with Crippen molar-refractivity contribution in [3.05, 3.63) is 30.0 Å². The lowest BCUT2D eigenvalue weighted by atomic mass is 9.88. The van der Waals surface area contributed by atoms with Crippen LogP contribution in [-0.2, 0) is 13.5 Å². The molecule has 0 bridgehead atoms. The second-order valence-electron chi connectivity index (χ2n) is 5.38. The molecule has 1 heterocycles. The van der Waals surface area contributed by atoms with Crippen LogP contribution < -0.4 is 0 Å². The van der Waals surface area contributed by atoms with Gasteiger partial charge in [-0.3, -0.25) is 4.68 Å². The van der Waals surface area contributed by atoms with Crippen LogP contribution in [0.3, 0.4) is 0 Å². The van der Waals surface area contributed by atoms with Crippen LogP contribution >= 0.6 is 11.6 Å². The van der Waals surface area contributed by atoms with E-state index in [-0.39, 0.29) is 5.38 Å². The highest BCUT2D eigenvalue weighted by Crippen LogP contribution is 2.27. The first-order chi connectivity index (χ1) is 8.50. The summed E-state index contributed by atoms with van der Waals surface area (Å²) in [5.74, 6) is 1.03. The molecule has 1 aromatic heterocycles. The normalized spacial score (nSPS) is 15.2. The number of halogens is 1. The van der Waals surface area contributed by atoms with Crippen molar-refractivity contribution in [3.63, 3.8) is 0 Å². The van der Waals surface area contributed by atoms with Crippen molar-refractivity contribution in [2.75, 3.05) is 0 Å². The monoisotopic (exact) mass is 264 g/mol. The van der Waals surface area contributed by atoms with Crippen molar-refractivity contribution in [3.8, 4) is 0 Å². The molecule has 0 N–H and O–H groups in total. The summed E-state index contributed by atoms with van der Waals surface area (Å²) in [4.78, 5) is 0. The molecular formula is C15H21ClN2. The minimum Gasteiger partial charge on any atom is -0.268 e. The molecule has 98 valence electrons. The molecule has 2 nitrogen and oxygen atoms in total. The lowest BCUT2D eigenvalue weighted by Gasteiger charge is -2.22. The summed E-state index contributed by atoms with van der Waals surface area (Å²) < 4.78 is 1.96. The number of hydrogen-bond acceptors (Lipinski definition) is 1. The van der Waals surface area contributed by atoms with Crippen LogP contribution in [0, 0.1) is 11.8 Å². The molecule has 0 saturated heterocycles. The summed E-state index contributed by atoms with van der Waals surface area (Å²) >= 11 is 6.31. The van der Waals surface area contributed by atoms with Crippen LogP contribution in [0.2, 0.25) is 0 Å². The maximum atomic E-state index is 6.31. The second-order valence-corrected chi connectivity index (χ2v) is 6.07. The van der Waals surface area contributed by atoms with E-state index in [0.717, 1.165) is 6.42 Å². The molecule has 0 fully saturated rings. The Morgan fingerprint density at radius 2 is 1.89 bits per heavy atom. The Balaban J connectivity index is 2.37. The molecule has 2 aromatic rings. The lowest BCUT2D eigenvalue weighted by Crippen LogP contribution is -2.21. The number of aromatic nitrogens is 2. The van der Waals surface area contributed by atoms with Crippen molar-refractivity contribution >= 4 is 22.5 Å². The molecule has 2 unspecified atom stereocenters. The van der Waals surface area contributed by atoms with Gasteiger partial charge in [0, 0.05) is 17.8 Å². The number of rotatable bonds is 4. The Labute approximate surface area is 114 Å². The molecule has 2 rings (SSSR count). The molecule has 0 amide bonds. The number of para-hydroxylation sites is 1. The average Bonchev–Trinajstić information content (AvgIpc) is 2.63. The fourth-order valence-electron chi connectivity index (χ4n) is 2.59. The third-order valence-corrected chi connectivity index (χ3v) is 4.03. The van der Waals surface area contributed by atoms with Gasteiger partial charge in [0.2, 0.25) is 0 Å². The molecule has 0 aliphatic heterocycles. The Kier molecular flexibility index (Phi) is 3.96. The SMILES string of the molecule is CC(C)C(Cc1nn(C)c2ccccc12)C(C)Cl. The Bertz CT molecular complexity index is 520. The molecule has 0 spiro atoms. The number of hydrogen-bond donors (Lipinski definition) is 0. The Morgan fingerprint density at radius 1 is 1.22 bits per heavy atom. The predicted octanol–water partition coefficient (Wildman–Crippen LogP) is 4.02. The van der Waals surface area contributed by atoms with E-state index >= 15 is 0 Å². The van der Waals surface area contributed by atoms with Crippen molar-refractivity contribution in [2.45, 2.75) is 32.6 Å². The van der Waals surface area contributed by atoms with E-state index in [2.05, 4.69) is 50.1 Å². The summed E-state index contributed by atoms with van der Waals surface area (Å²) in [7, 11) is 2.00. The molecule has 3 heteroatoms. The lowest BCUT2D eigenvalue weighted by molar-refractivity contribution is 0.373. The standard InChI is InChI=1S/C15H21ClN2/c1-10(2)13(11(3)16)9-14-12-7-5-6-8-15(12)18(4)17-14/h5-8,10-11,13H,9H2,1-4H3. The van der Waals surface area contributed by atoms with Crippen LogP contribution in [-0.4, -0.2) is 15.2 Å². The van der Waals surface area contributed by atoms with Crippen LogP contribution in [0.15, 0.2) is 24.3 Å². The van der Waals surface area contributed by atoms with Crippen molar-refractivity contribution in [1.82, 2.24) is 9.78 Å². The van der Waals surface area contributed by atoms with E-state index in [0.29, 0.717) is 11.8 Å². The van der Waals surface area contributed by atoms with Crippen LogP contribution in [0.1, 0.15) is 26.5 Å². The van der Waals surface area contributed by atoms with Gasteiger partial charge in [0.05, 0.1) is 11.2 Å². The first kappa shape index (κ1) is 13.4. The van der Waals surface area contributed by atoms with E-state index in [9.17, 15) is 0 Å². The third-order valence-electron chi connectivity index (χ3n) is 3.71. The second kappa shape index (κ2) is 5.31. The zero-order valence-electron chi connectivity index (χ0n) is 11.5. The summed E-state index contributed by atoms with van der Waals surface area (Å²) in [5, 5.41) is 6.08. The maximum Gasteiger partial charge on any atom is 0.0706 e. The fourth-order valence-corrected chi connectivity index (χ4v) is 2.97. The van der Waals surface area contributed by atoms with Crippen molar-refractivity contribution in [1.29, 1.82) is 0 Å². The first-order valence-electron chi connectivity index (χ1n) is 6.55. The molecular weight excluding hydrogens is 244 g/mol. The van der Waals surface area contributed by atoms with Crippen LogP contribution in [0.4, 0.5) is 0 Å². The zero-order chi connectivity index (χ0) is 13.3. The third kappa shape index (κ3) is 2.54. The topological polar surface area (TPSA) is 17.8 Å². The van der Waals surface area contributed by atoms with Crippen LogP contribution in [0.5, 0.6) is 0 Å². The summed E-state index contributed by atoms with van der Waals surface area (Å²) in [6, 6.07) is 8.38. The number of benzene rings is 1. The first-order valence-corrected chi connectivity index (χ1v) is 6.99. The van der Waals surface area contributed by atoms with Gasteiger partial charge in [-0.1, -0.05) is 32.0 Å². The number of alkyl halides is 1. The molecule has 1 aromatic carbocycles. The molecule has 18 heavy (non-hydrogen) atoms. The highest BCUT2D eigenvalue weighted by atomic mass is 35.5. The molecule has 0 radical (unpaired) electrons. The summed E-state index contributed by atoms with van der Waals surface area (Å²) in [6.45, 7) is 6.54. The van der Waals surface area contributed by atoms with Gasteiger partial charge in [0.1, 0.15) is 0 Å². The van der Waals surface area contributed by atoms with Gasteiger partial charge in [-0.25, -0.2) is 0 Å². The zero-order valence-corrected chi connectivity index (χ0v) is 12.3. The quantitative estimate of drug-likeness (QED) is 0.763. The number of aryl methyl sites for hydroxylation is 1. The molecule has 0 aliphatic carbocycles. The fraction of sp³-hybridized carbons (Fsp3) is 0.533. The van der Waals surface area contributed by atoms with Gasteiger partial charge < -0.3 is 0 Å². The molecule has 0 aliphatic rings.